The molecule has 0 aliphatic carbocycles. The van der Waals surface area contributed by atoms with Gasteiger partial charge in [-0.25, -0.2) is 0 Å². The lowest BCUT2D eigenvalue weighted by molar-refractivity contribution is -0.146. The first-order chi connectivity index (χ1) is 7.13. The Balaban J connectivity index is 2.26. The Morgan fingerprint density at radius 1 is 1.47 bits per heavy atom. The van der Waals surface area contributed by atoms with Gasteiger partial charge in [-0.15, -0.1) is 0 Å². The monoisotopic (exact) mass is 213 g/mol. The third-order valence-corrected chi connectivity index (χ3v) is 2.89. The molecule has 1 N–H and O–H groups in total. The van der Waals surface area contributed by atoms with Crippen molar-refractivity contribution in [3.8, 4) is 0 Å². The van der Waals surface area contributed by atoms with Crippen LogP contribution in [-0.2, 0) is 9.53 Å². The molecule has 0 saturated carbocycles. The molecule has 0 aromatic heterocycles. The summed E-state index contributed by atoms with van der Waals surface area (Å²) in [4.78, 5) is 11.4. The predicted octanol–water partition coefficient (Wildman–Crippen LogP) is 1.96. The van der Waals surface area contributed by atoms with Crippen LogP contribution < -0.4 is 5.32 Å². The predicted molar refractivity (Wildman–Crippen MR) is 60.6 cm³/mol. The van der Waals surface area contributed by atoms with E-state index in [9.17, 15) is 4.79 Å². The highest BCUT2D eigenvalue weighted by Gasteiger charge is 2.26. The number of hydrogen-bond donors (Lipinski definition) is 1. The van der Waals surface area contributed by atoms with Crippen molar-refractivity contribution >= 4 is 5.97 Å². The first kappa shape index (κ1) is 12.5. The van der Waals surface area contributed by atoms with E-state index >= 15 is 0 Å². The van der Waals surface area contributed by atoms with E-state index in [2.05, 4.69) is 19.2 Å². The van der Waals surface area contributed by atoms with Crippen molar-refractivity contribution in [3.05, 3.63) is 0 Å². The van der Waals surface area contributed by atoms with Crippen molar-refractivity contribution in [1.82, 2.24) is 5.32 Å². The van der Waals surface area contributed by atoms with E-state index in [1.54, 1.807) is 0 Å². The summed E-state index contributed by atoms with van der Waals surface area (Å²) in [5, 5.41) is 3.28. The van der Waals surface area contributed by atoms with Gasteiger partial charge in [-0.1, -0.05) is 13.8 Å². The van der Waals surface area contributed by atoms with E-state index in [1.165, 1.54) is 6.42 Å². The molecule has 1 heterocycles. The van der Waals surface area contributed by atoms with E-state index < -0.39 is 0 Å². The second kappa shape index (κ2) is 6.11. The zero-order valence-electron chi connectivity index (χ0n) is 10.1. The van der Waals surface area contributed by atoms with Gasteiger partial charge in [0.15, 0.2) is 0 Å². The van der Waals surface area contributed by atoms with Gasteiger partial charge in [0.1, 0.15) is 6.04 Å². The van der Waals surface area contributed by atoms with Crippen molar-refractivity contribution in [1.29, 1.82) is 0 Å². The fourth-order valence-electron chi connectivity index (χ4n) is 2.23. The van der Waals surface area contributed by atoms with E-state index in [0.717, 1.165) is 31.2 Å². The SMILES string of the molecule is CCOC(=O)C1CCC(CC(C)C)CN1. The van der Waals surface area contributed by atoms with E-state index in [-0.39, 0.29) is 12.0 Å². The minimum atomic E-state index is -0.0829. The fourth-order valence-corrected chi connectivity index (χ4v) is 2.23. The number of nitrogens with one attached hydrogen (secondary N) is 1. The van der Waals surface area contributed by atoms with E-state index in [4.69, 9.17) is 4.74 Å². The molecule has 2 atom stereocenters. The van der Waals surface area contributed by atoms with Crippen LogP contribution in [0.15, 0.2) is 0 Å². The second-order valence-corrected chi connectivity index (χ2v) is 4.79. The van der Waals surface area contributed by atoms with Gasteiger partial charge in [-0.3, -0.25) is 4.79 Å². The molecule has 0 radical (unpaired) electrons. The van der Waals surface area contributed by atoms with Crippen LogP contribution in [-0.4, -0.2) is 25.2 Å². The lowest BCUT2D eigenvalue weighted by atomic mass is 9.88. The lowest BCUT2D eigenvalue weighted by Gasteiger charge is -2.29. The Kier molecular flexibility index (Phi) is 5.09. The third kappa shape index (κ3) is 4.20. The van der Waals surface area contributed by atoms with Crippen LogP contribution in [0.3, 0.4) is 0 Å². The number of hydrogen-bond acceptors (Lipinski definition) is 3. The van der Waals surface area contributed by atoms with Crippen LogP contribution in [0.4, 0.5) is 0 Å². The molecule has 1 rings (SSSR count). The minimum absolute atomic E-state index is 0.0617. The van der Waals surface area contributed by atoms with Crippen LogP contribution in [0, 0.1) is 11.8 Å². The highest BCUT2D eigenvalue weighted by Crippen LogP contribution is 2.21. The molecule has 1 fully saturated rings. The van der Waals surface area contributed by atoms with Gasteiger partial charge >= 0.3 is 5.97 Å². The Bertz CT molecular complexity index is 196. The number of esters is 1. The van der Waals surface area contributed by atoms with Gasteiger partial charge < -0.3 is 10.1 Å². The normalized spacial score (nSPS) is 26.7. The summed E-state index contributed by atoms with van der Waals surface area (Å²) in [7, 11) is 0. The van der Waals surface area contributed by atoms with Crippen LogP contribution in [0.1, 0.15) is 40.0 Å². The molecule has 0 amide bonds. The van der Waals surface area contributed by atoms with E-state index in [1.807, 2.05) is 6.92 Å². The summed E-state index contributed by atoms with van der Waals surface area (Å²) in [5.74, 6) is 1.40. The zero-order valence-corrected chi connectivity index (χ0v) is 10.1. The molecular formula is C12H23NO2. The quantitative estimate of drug-likeness (QED) is 0.726. The van der Waals surface area contributed by atoms with Crippen LogP contribution in [0.25, 0.3) is 0 Å². The molecule has 1 aliphatic heterocycles. The topological polar surface area (TPSA) is 38.3 Å². The molecule has 3 nitrogen and oxygen atoms in total. The number of carbonyl (C=O) groups is 1. The average Bonchev–Trinajstić information content (AvgIpc) is 2.18. The molecule has 0 spiro atoms. The molecule has 0 bridgehead atoms. The van der Waals surface area contributed by atoms with Crippen LogP contribution >= 0.6 is 0 Å². The summed E-state index contributed by atoms with van der Waals surface area (Å²) in [5.41, 5.74) is 0. The van der Waals surface area contributed by atoms with Gasteiger partial charge in [0.05, 0.1) is 6.61 Å². The summed E-state index contributed by atoms with van der Waals surface area (Å²) in [6.07, 6.45) is 3.33. The van der Waals surface area contributed by atoms with Gasteiger partial charge in [0.2, 0.25) is 0 Å². The number of rotatable bonds is 4. The van der Waals surface area contributed by atoms with Crippen molar-refractivity contribution < 1.29 is 9.53 Å². The maximum absolute atomic E-state index is 11.4. The Hall–Kier alpha value is -0.570. The first-order valence-electron chi connectivity index (χ1n) is 6.03. The van der Waals surface area contributed by atoms with Crippen LogP contribution in [0.5, 0.6) is 0 Å². The standard InChI is InChI=1S/C12H23NO2/c1-4-15-12(14)11-6-5-10(8-13-11)7-9(2)3/h9-11,13H,4-8H2,1-3H3. The molecule has 88 valence electrons. The maximum atomic E-state index is 11.4. The third-order valence-electron chi connectivity index (χ3n) is 2.89. The van der Waals surface area contributed by atoms with Gasteiger partial charge in [-0.05, 0) is 44.6 Å². The zero-order chi connectivity index (χ0) is 11.3. The Morgan fingerprint density at radius 3 is 2.67 bits per heavy atom. The summed E-state index contributed by atoms with van der Waals surface area (Å²) in [6.45, 7) is 7.78. The smallest absolute Gasteiger partial charge is 0.323 e. The average molecular weight is 213 g/mol. The fraction of sp³-hybridized carbons (Fsp3) is 0.917. The van der Waals surface area contributed by atoms with Gasteiger partial charge in [0.25, 0.3) is 0 Å². The number of piperidine rings is 1. The van der Waals surface area contributed by atoms with Crippen LogP contribution in [0.2, 0.25) is 0 Å². The highest BCUT2D eigenvalue weighted by molar-refractivity contribution is 5.75. The molecule has 1 saturated heterocycles. The van der Waals surface area contributed by atoms with Crippen molar-refractivity contribution in [2.24, 2.45) is 11.8 Å². The second-order valence-electron chi connectivity index (χ2n) is 4.79. The Labute approximate surface area is 92.6 Å². The molecule has 2 unspecified atom stereocenters. The number of ether oxygens (including phenoxy) is 1. The largest absolute Gasteiger partial charge is 0.465 e. The molecule has 0 aromatic carbocycles. The molecule has 3 heteroatoms. The van der Waals surface area contributed by atoms with Crippen molar-refractivity contribution in [2.75, 3.05) is 13.2 Å². The molecule has 0 aromatic rings. The summed E-state index contributed by atoms with van der Waals surface area (Å²) >= 11 is 0. The van der Waals surface area contributed by atoms with Crippen molar-refractivity contribution in [2.45, 2.75) is 46.1 Å². The van der Waals surface area contributed by atoms with Gasteiger partial charge in [-0.2, -0.15) is 0 Å². The molecule has 1 aliphatic rings. The summed E-state index contributed by atoms with van der Waals surface area (Å²) in [6, 6.07) is -0.0617. The van der Waals surface area contributed by atoms with E-state index in [0.29, 0.717) is 6.61 Å². The Morgan fingerprint density at radius 2 is 2.20 bits per heavy atom. The maximum Gasteiger partial charge on any atom is 0.323 e. The lowest BCUT2D eigenvalue weighted by Crippen LogP contribution is -2.45. The molecule has 15 heavy (non-hydrogen) atoms. The minimum Gasteiger partial charge on any atom is -0.465 e. The summed E-state index contributed by atoms with van der Waals surface area (Å²) < 4.78 is 5.00. The first-order valence-corrected chi connectivity index (χ1v) is 6.03. The van der Waals surface area contributed by atoms with Crippen molar-refractivity contribution in [3.63, 3.8) is 0 Å². The molecular weight excluding hydrogens is 190 g/mol. The number of carbonyl (C=O) groups excluding carboxylic acids is 1. The highest BCUT2D eigenvalue weighted by atomic mass is 16.5. The van der Waals surface area contributed by atoms with Gasteiger partial charge in [0, 0.05) is 0 Å².